The smallest absolute Gasteiger partial charge is 0.252 e. The first kappa shape index (κ1) is 19.6. The molecule has 1 N–H and O–H groups in total. The van der Waals surface area contributed by atoms with Crippen molar-refractivity contribution in [3.63, 3.8) is 0 Å². The van der Waals surface area contributed by atoms with Gasteiger partial charge in [0.25, 0.3) is 5.91 Å². The third kappa shape index (κ3) is 4.02. The Morgan fingerprint density at radius 1 is 1.36 bits per heavy atom. The summed E-state index contributed by atoms with van der Waals surface area (Å²) < 4.78 is 5.30. The van der Waals surface area contributed by atoms with Gasteiger partial charge in [-0.05, 0) is 52.3 Å². The maximum absolute atomic E-state index is 12.8. The van der Waals surface area contributed by atoms with E-state index < -0.39 is 0 Å². The van der Waals surface area contributed by atoms with E-state index in [-0.39, 0.29) is 5.91 Å². The van der Waals surface area contributed by atoms with E-state index in [9.17, 15) is 4.79 Å². The molecule has 1 fully saturated rings. The van der Waals surface area contributed by atoms with Crippen molar-refractivity contribution in [2.45, 2.75) is 58.7 Å². The number of nitrogens with zero attached hydrogens (tertiary/aromatic N) is 3. The Kier molecular flexibility index (Phi) is 5.85. The summed E-state index contributed by atoms with van der Waals surface area (Å²) >= 11 is 1.72. The number of likely N-dealkylation sites (N-methyl/N-ethyl adjacent to an activating group) is 1. The molecule has 2 aromatic rings. The van der Waals surface area contributed by atoms with Gasteiger partial charge in [0, 0.05) is 48.0 Å². The number of aromatic nitrogens is 1. The molecule has 2 aliphatic rings. The molecule has 7 heteroatoms. The Bertz CT molecular complexity index is 824. The van der Waals surface area contributed by atoms with Crippen LogP contribution in [0.4, 0.5) is 0 Å². The molecule has 0 saturated carbocycles. The van der Waals surface area contributed by atoms with Crippen molar-refractivity contribution in [2.24, 2.45) is 0 Å². The minimum Gasteiger partial charge on any atom is -0.361 e. The van der Waals surface area contributed by atoms with Crippen molar-refractivity contribution in [3.8, 4) is 0 Å². The van der Waals surface area contributed by atoms with Crippen LogP contribution in [0, 0.1) is 13.8 Å². The van der Waals surface area contributed by atoms with Crippen molar-refractivity contribution >= 4 is 17.2 Å². The Hall–Kier alpha value is -1.70. The molecule has 4 heterocycles. The number of thiophene rings is 1. The van der Waals surface area contributed by atoms with Crippen LogP contribution in [-0.4, -0.2) is 53.6 Å². The molecule has 2 aromatic heterocycles. The van der Waals surface area contributed by atoms with Gasteiger partial charge in [0.05, 0.1) is 11.3 Å². The van der Waals surface area contributed by atoms with Crippen LogP contribution in [0.3, 0.4) is 0 Å². The van der Waals surface area contributed by atoms with Gasteiger partial charge in [-0.3, -0.25) is 9.69 Å². The first-order valence-electron chi connectivity index (χ1n) is 10.2. The summed E-state index contributed by atoms with van der Waals surface area (Å²) in [6, 6.07) is 0.470. The molecule has 1 unspecified atom stereocenters. The minimum absolute atomic E-state index is 0.0932. The zero-order valence-corrected chi connectivity index (χ0v) is 17.9. The molecule has 1 atom stereocenters. The van der Waals surface area contributed by atoms with Gasteiger partial charge < -0.3 is 14.7 Å². The van der Waals surface area contributed by atoms with E-state index in [1.165, 1.54) is 35.3 Å². The fourth-order valence-corrected chi connectivity index (χ4v) is 5.49. The van der Waals surface area contributed by atoms with Crippen LogP contribution in [-0.2, 0) is 19.5 Å². The summed E-state index contributed by atoms with van der Waals surface area (Å²) in [6.45, 7) is 8.56. The number of carbonyl (C=O) groups excluding carboxylic acids is 1. The standard InChI is InChI=1S/C21H30N4O2S/c1-14-18(15(2)27-23-14)11-25-9-7-17-19(13-28-20(17)12-25)21(26)22-10-16-6-4-5-8-24(16)3/h13,16H,4-12H2,1-3H3,(H,22,26). The molecular formula is C21H30N4O2S. The van der Waals surface area contributed by atoms with Crippen LogP contribution in [0.2, 0.25) is 0 Å². The molecule has 0 radical (unpaired) electrons. The van der Waals surface area contributed by atoms with E-state index in [4.69, 9.17) is 4.52 Å². The van der Waals surface area contributed by atoms with Crippen molar-refractivity contribution < 1.29 is 9.32 Å². The normalized spacial score (nSPS) is 20.9. The minimum atomic E-state index is 0.0932. The van der Waals surface area contributed by atoms with Crippen LogP contribution >= 0.6 is 11.3 Å². The highest BCUT2D eigenvalue weighted by Crippen LogP contribution is 2.30. The number of nitrogens with one attached hydrogen (secondary N) is 1. The summed E-state index contributed by atoms with van der Waals surface area (Å²) in [4.78, 5) is 18.9. The Labute approximate surface area is 170 Å². The molecule has 2 aliphatic heterocycles. The SMILES string of the molecule is Cc1noc(C)c1CN1CCc2c(C(=O)NCC3CCCCN3C)csc2C1. The van der Waals surface area contributed by atoms with Gasteiger partial charge in [0.2, 0.25) is 0 Å². The first-order valence-corrected chi connectivity index (χ1v) is 11.1. The second kappa shape index (κ2) is 8.35. The van der Waals surface area contributed by atoms with Crippen LogP contribution in [0.1, 0.15) is 57.1 Å². The summed E-state index contributed by atoms with van der Waals surface area (Å²) in [5.41, 5.74) is 4.29. The molecule has 4 rings (SSSR count). The molecular weight excluding hydrogens is 372 g/mol. The highest BCUT2D eigenvalue weighted by molar-refractivity contribution is 7.10. The molecule has 152 valence electrons. The Morgan fingerprint density at radius 2 is 2.21 bits per heavy atom. The van der Waals surface area contributed by atoms with Gasteiger partial charge in [-0.1, -0.05) is 11.6 Å². The van der Waals surface area contributed by atoms with Gasteiger partial charge in [0.15, 0.2) is 0 Å². The van der Waals surface area contributed by atoms with E-state index in [0.29, 0.717) is 6.04 Å². The molecule has 1 saturated heterocycles. The molecule has 1 amide bonds. The highest BCUT2D eigenvalue weighted by atomic mass is 32.1. The monoisotopic (exact) mass is 402 g/mol. The fraction of sp³-hybridized carbons (Fsp3) is 0.619. The zero-order chi connectivity index (χ0) is 19.7. The summed E-state index contributed by atoms with van der Waals surface area (Å²) in [7, 11) is 2.16. The second-order valence-corrected chi connectivity index (χ2v) is 9.12. The van der Waals surface area contributed by atoms with Crippen LogP contribution < -0.4 is 5.32 Å². The van der Waals surface area contributed by atoms with Gasteiger partial charge in [-0.2, -0.15) is 0 Å². The zero-order valence-electron chi connectivity index (χ0n) is 17.1. The molecule has 0 spiro atoms. The van der Waals surface area contributed by atoms with E-state index >= 15 is 0 Å². The van der Waals surface area contributed by atoms with Crippen molar-refractivity contribution in [1.29, 1.82) is 0 Å². The quantitative estimate of drug-likeness (QED) is 0.833. The van der Waals surface area contributed by atoms with E-state index in [1.54, 1.807) is 11.3 Å². The van der Waals surface area contributed by atoms with E-state index in [0.717, 1.165) is 56.2 Å². The van der Waals surface area contributed by atoms with Crippen LogP contribution in [0.5, 0.6) is 0 Å². The average molecular weight is 403 g/mol. The van der Waals surface area contributed by atoms with E-state index in [1.807, 2.05) is 19.2 Å². The highest BCUT2D eigenvalue weighted by Gasteiger charge is 2.26. The molecule has 0 bridgehead atoms. The average Bonchev–Trinajstić information content (AvgIpc) is 3.25. The number of likely N-dealkylation sites (tertiary alicyclic amines) is 1. The number of fused-ring (bicyclic) bond motifs is 1. The van der Waals surface area contributed by atoms with Gasteiger partial charge in [-0.25, -0.2) is 0 Å². The fourth-order valence-electron chi connectivity index (χ4n) is 4.37. The Balaban J connectivity index is 1.37. The summed E-state index contributed by atoms with van der Waals surface area (Å²) in [5, 5.41) is 9.30. The second-order valence-electron chi connectivity index (χ2n) is 8.15. The number of amides is 1. The van der Waals surface area contributed by atoms with Crippen LogP contribution in [0.25, 0.3) is 0 Å². The topological polar surface area (TPSA) is 61.6 Å². The predicted octanol–water partition coefficient (Wildman–Crippen LogP) is 3.13. The third-order valence-electron chi connectivity index (χ3n) is 6.25. The number of aryl methyl sites for hydroxylation is 2. The van der Waals surface area contributed by atoms with Crippen molar-refractivity contribution in [1.82, 2.24) is 20.3 Å². The summed E-state index contributed by atoms with van der Waals surface area (Å²) in [5.74, 6) is 0.998. The number of rotatable bonds is 5. The van der Waals surface area contributed by atoms with Crippen molar-refractivity contribution in [2.75, 3.05) is 26.7 Å². The van der Waals surface area contributed by atoms with Crippen molar-refractivity contribution in [3.05, 3.63) is 38.4 Å². The largest absolute Gasteiger partial charge is 0.361 e. The lowest BCUT2D eigenvalue weighted by Gasteiger charge is -2.32. The van der Waals surface area contributed by atoms with E-state index in [2.05, 4.69) is 27.3 Å². The number of hydrogen-bond acceptors (Lipinski definition) is 6. The number of piperidine rings is 1. The molecule has 28 heavy (non-hydrogen) atoms. The maximum atomic E-state index is 12.8. The van der Waals surface area contributed by atoms with Gasteiger partial charge in [0.1, 0.15) is 5.76 Å². The lowest BCUT2D eigenvalue weighted by molar-refractivity contribution is 0.0927. The maximum Gasteiger partial charge on any atom is 0.252 e. The molecule has 0 aliphatic carbocycles. The summed E-state index contributed by atoms with van der Waals surface area (Å²) in [6.07, 6.45) is 4.63. The first-order chi connectivity index (χ1) is 13.5. The lowest BCUT2D eigenvalue weighted by atomic mass is 10.0. The van der Waals surface area contributed by atoms with Gasteiger partial charge in [-0.15, -0.1) is 11.3 Å². The lowest BCUT2D eigenvalue weighted by Crippen LogP contribution is -2.44. The number of carbonyl (C=O) groups is 1. The Morgan fingerprint density at radius 3 is 2.96 bits per heavy atom. The number of hydrogen-bond donors (Lipinski definition) is 1. The van der Waals surface area contributed by atoms with Crippen LogP contribution in [0.15, 0.2) is 9.90 Å². The molecule has 6 nitrogen and oxygen atoms in total. The molecule has 0 aromatic carbocycles. The predicted molar refractivity (Wildman–Crippen MR) is 111 cm³/mol. The third-order valence-corrected chi connectivity index (χ3v) is 7.27. The van der Waals surface area contributed by atoms with Gasteiger partial charge >= 0.3 is 0 Å².